The van der Waals surface area contributed by atoms with Crippen LogP contribution < -0.4 is 16.0 Å². The molecule has 6 nitrogen and oxygen atoms in total. The lowest BCUT2D eigenvalue weighted by atomic mass is 10.1. The van der Waals surface area contributed by atoms with E-state index in [0.717, 1.165) is 24.1 Å². The van der Waals surface area contributed by atoms with Gasteiger partial charge in [-0.05, 0) is 48.4 Å². The van der Waals surface area contributed by atoms with Gasteiger partial charge in [0, 0.05) is 18.4 Å². The monoisotopic (exact) mass is 448 g/mol. The quantitative estimate of drug-likeness (QED) is 0.383. The standard InChI is InChI=1S/C22H24N4O2.2ClH/c27-20(18-6-2-1-3-7-18)16-23-15-13-17-9-11-19(12-10-17)25-22(28)26-21-8-4-5-14-24-21;;/h1-12,14,20,23,27H,13,15-16H2,(H2,24,25,26,28);2*1H/t20-;;/m0../s1. The third kappa shape index (κ3) is 8.39. The molecule has 2 aromatic carbocycles. The molecule has 0 aliphatic heterocycles. The molecule has 30 heavy (non-hydrogen) atoms. The SMILES string of the molecule is Cl.Cl.O=C(Nc1ccc(CCNC[C@H](O)c2ccccc2)cc1)Nc1ccccn1. The second-order valence-corrected chi connectivity index (χ2v) is 6.37. The van der Waals surface area contributed by atoms with Crippen molar-refractivity contribution in [2.24, 2.45) is 0 Å². The lowest BCUT2D eigenvalue weighted by molar-refractivity contribution is 0.175. The van der Waals surface area contributed by atoms with Crippen LogP contribution in [0.1, 0.15) is 17.2 Å². The lowest BCUT2D eigenvalue weighted by Gasteiger charge is -2.12. The van der Waals surface area contributed by atoms with Crippen molar-refractivity contribution in [3.8, 4) is 0 Å². The molecule has 0 aliphatic rings. The Balaban J connectivity index is 0.00000225. The molecule has 0 unspecified atom stereocenters. The Bertz CT molecular complexity index is 865. The number of nitrogens with one attached hydrogen (secondary N) is 3. The Kier molecular flexibility index (Phi) is 11.5. The number of amides is 2. The van der Waals surface area contributed by atoms with Crippen molar-refractivity contribution < 1.29 is 9.90 Å². The van der Waals surface area contributed by atoms with Crippen LogP contribution in [0.15, 0.2) is 79.0 Å². The van der Waals surface area contributed by atoms with Crippen LogP contribution in [0, 0.1) is 0 Å². The van der Waals surface area contributed by atoms with Gasteiger partial charge in [0.15, 0.2) is 0 Å². The van der Waals surface area contributed by atoms with E-state index in [9.17, 15) is 9.90 Å². The topological polar surface area (TPSA) is 86.3 Å². The molecule has 0 radical (unpaired) electrons. The maximum Gasteiger partial charge on any atom is 0.324 e. The smallest absolute Gasteiger partial charge is 0.324 e. The maximum absolute atomic E-state index is 12.0. The molecular weight excluding hydrogens is 423 g/mol. The summed E-state index contributed by atoms with van der Waals surface area (Å²) in [4.78, 5) is 16.0. The van der Waals surface area contributed by atoms with Crippen molar-refractivity contribution >= 4 is 42.4 Å². The summed E-state index contributed by atoms with van der Waals surface area (Å²) < 4.78 is 0. The lowest BCUT2D eigenvalue weighted by Crippen LogP contribution is -2.23. The molecule has 1 atom stereocenters. The molecule has 160 valence electrons. The number of aliphatic hydroxyl groups is 1. The number of anilines is 2. The van der Waals surface area contributed by atoms with Gasteiger partial charge in [-0.25, -0.2) is 9.78 Å². The molecule has 0 spiro atoms. The first kappa shape index (κ1) is 25.4. The van der Waals surface area contributed by atoms with Gasteiger partial charge in [0.1, 0.15) is 5.82 Å². The first-order chi connectivity index (χ1) is 13.7. The number of hydrogen-bond acceptors (Lipinski definition) is 4. The highest BCUT2D eigenvalue weighted by atomic mass is 35.5. The van der Waals surface area contributed by atoms with Crippen molar-refractivity contribution in [2.45, 2.75) is 12.5 Å². The molecule has 3 rings (SSSR count). The summed E-state index contributed by atoms with van der Waals surface area (Å²) in [6.45, 7) is 1.27. The van der Waals surface area contributed by atoms with Crippen LogP contribution in [0.25, 0.3) is 0 Å². The summed E-state index contributed by atoms with van der Waals surface area (Å²) in [5.74, 6) is 0.500. The van der Waals surface area contributed by atoms with Crippen LogP contribution in [-0.2, 0) is 6.42 Å². The van der Waals surface area contributed by atoms with Gasteiger partial charge in [0.2, 0.25) is 0 Å². The van der Waals surface area contributed by atoms with Crippen LogP contribution in [0.3, 0.4) is 0 Å². The summed E-state index contributed by atoms with van der Waals surface area (Å²) in [6.07, 6.45) is 1.95. The summed E-state index contributed by atoms with van der Waals surface area (Å²) >= 11 is 0. The van der Waals surface area contributed by atoms with Gasteiger partial charge in [-0.3, -0.25) is 5.32 Å². The molecule has 0 bridgehead atoms. The summed E-state index contributed by atoms with van der Waals surface area (Å²) in [7, 11) is 0. The number of nitrogens with zero attached hydrogens (tertiary/aromatic N) is 1. The van der Waals surface area contributed by atoms with Crippen LogP contribution in [0.4, 0.5) is 16.3 Å². The highest BCUT2D eigenvalue weighted by Crippen LogP contribution is 2.12. The van der Waals surface area contributed by atoms with Crippen LogP contribution in [0.2, 0.25) is 0 Å². The second-order valence-electron chi connectivity index (χ2n) is 6.37. The molecule has 2 amide bonds. The summed E-state index contributed by atoms with van der Waals surface area (Å²) in [5, 5.41) is 18.9. The Morgan fingerprint density at radius 2 is 1.60 bits per heavy atom. The first-order valence-electron chi connectivity index (χ1n) is 9.22. The molecule has 1 aromatic heterocycles. The fourth-order valence-electron chi connectivity index (χ4n) is 2.73. The zero-order valence-corrected chi connectivity index (χ0v) is 18.0. The van der Waals surface area contributed by atoms with Gasteiger partial charge in [0.05, 0.1) is 6.10 Å². The van der Waals surface area contributed by atoms with Crippen LogP contribution >= 0.6 is 24.8 Å². The largest absolute Gasteiger partial charge is 0.387 e. The highest BCUT2D eigenvalue weighted by Gasteiger charge is 2.06. The highest BCUT2D eigenvalue weighted by molar-refractivity contribution is 5.99. The number of carbonyl (C=O) groups is 1. The number of aromatic nitrogens is 1. The molecular formula is C22H26Cl2N4O2. The van der Waals surface area contributed by atoms with E-state index in [1.807, 2.05) is 60.7 Å². The fourth-order valence-corrected chi connectivity index (χ4v) is 2.73. The Labute approximate surface area is 189 Å². The van der Waals surface area contributed by atoms with Gasteiger partial charge < -0.3 is 15.7 Å². The zero-order valence-electron chi connectivity index (χ0n) is 16.3. The molecule has 8 heteroatoms. The molecule has 0 aliphatic carbocycles. The van der Waals surface area contributed by atoms with Gasteiger partial charge >= 0.3 is 6.03 Å². The number of pyridine rings is 1. The van der Waals surface area contributed by atoms with E-state index in [1.54, 1.807) is 18.3 Å². The third-order valence-electron chi connectivity index (χ3n) is 4.23. The average molecular weight is 449 g/mol. The van der Waals surface area contributed by atoms with Crippen LogP contribution in [0.5, 0.6) is 0 Å². The van der Waals surface area contributed by atoms with Gasteiger partial charge in [-0.1, -0.05) is 48.5 Å². The minimum absolute atomic E-state index is 0. The van der Waals surface area contributed by atoms with E-state index in [0.29, 0.717) is 18.1 Å². The average Bonchev–Trinajstić information content (AvgIpc) is 2.73. The number of benzene rings is 2. The van der Waals surface area contributed by atoms with Gasteiger partial charge in [0.25, 0.3) is 0 Å². The third-order valence-corrected chi connectivity index (χ3v) is 4.23. The predicted molar refractivity (Wildman–Crippen MR) is 126 cm³/mol. The van der Waals surface area contributed by atoms with Crippen molar-refractivity contribution in [2.75, 3.05) is 23.7 Å². The fraction of sp³-hybridized carbons (Fsp3) is 0.182. The second kappa shape index (κ2) is 13.6. The summed E-state index contributed by atoms with van der Waals surface area (Å²) in [6, 6.07) is 22.3. The Morgan fingerprint density at radius 3 is 2.27 bits per heavy atom. The van der Waals surface area contributed by atoms with Crippen molar-refractivity contribution in [3.63, 3.8) is 0 Å². The summed E-state index contributed by atoms with van der Waals surface area (Å²) in [5.41, 5.74) is 2.77. The van der Waals surface area contributed by atoms with E-state index < -0.39 is 6.10 Å². The van der Waals surface area contributed by atoms with Gasteiger partial charge in [-0.15, -0.1) is 24.8 Å². The molecule has 3 aromatic rings. The number of hydrogen-bond donors (Lipinski definition) is 4. The molecule has 1 heterocycles. The van der Waals surface area contributed by atoms with Gasteiger partial charge in [-0.2, -0.15) is 0 Å². The van der Waals surface area contributed by atoms with Crippen molar-refractivity contribution in [1.82, 2.24) is 10.3 Å². The zero-order chi connectivity index (χ0) is 19.6. The first-order valence-corrected chi connectivity index (χ1v) is 9.22. The molecule has 0 fully saturated rings. The van der Waals surface area contributed by atoms with E-state index in [4.69, 9.17) is 0 Å². The molecule has 0 saturated heterocycles. The minimum atomic E-state index is -0.509. The molecule has 4 N–H and O–H groups in total. The Hall–Kier alpha value is -2.64. The van der Waals surface area contributed by atoms with E-state index in [1.165, 1.54) is 0 Å². The van der Waals surface area contributed by atoms with E-state index in [-0.39, 0.29) is 30.8 Å². The minimum Gasteiger partial charge on any atom is -0.387 e. The normalized spacial score (nSPS) is 10.8. The van der Waals surface area contributed by atoms with Crippen LogP contribution in [-0.4, -0.2) is 29.2 Å². The molecule has 0 saturated carbocycles. The number of urea groups is 1. The number of halogens is 2. The van der Waals surface area contributed by atoms with Crippen molar-refractivity contribution in [1.29, 1.82) is 0 Å². The number of carbonyl (C=O) groups excluding carboxylic acids is 1. The maximum atomic E-state index is 12.0. The van der Waals surface area contributed by atoms with E-state index in [2.05, 4.69) is 20.9 Å². The number of rotatable bonds is 8. The van der Waals surface area contributed by atoms with Crippen molar-refractivity contribution in [3.05, 3.63) is 90.1 Å². The Morgan fingerprint density at radius 1 is 0.900 bits per heavy atom. The van der Waals surface area contributed by atoms with E-state index >= 15 is 0 Å². The predicted octanol–water partition coefficient (Wildman–Crippen LogP) is 4.43. The number of aliphatic hydroxyl groups excluding tert-OH is 1.